The van der Waals surface area contributed by atoms with Crippen molar-refractivity contribution >= 4 is 0 Å². The van der Waals surface area contributed by atoms with Gasteiger partial charge < -0.3 is 23.7 Å². The van der Waals surface area contributed by atoms with Crippen LogP contribution in [0.15, 0.2) is 0 Å². The number of ether oxygens (including phenoxy) is 5. The molecule has 0 aromatic rings. The lowest BCUT2D eigenvalue weighted by Gasteiger charge is -2.16. The van der Waals surface area contributed by atoms with Crippen molar-refractivity contribution in [3.63, 3.8) is 0 Å². The molecule has 0 aliphatic heterocycles. The first-order chi connectivity index (χ1) is 8.35. The molecule has 104 valence electrons. The van der Waals surface area contributed by atoms with Gasteiger partial charge in [0.1, 0.15) is 0 Å². The highest BCUT2D eigenvalue weighted by molar-refractivity contribution is 4.41. The first kappa shape index (κ1) is 16.8. The monoisotopic (exact) mass is 250 g/mol. The van der Waals surface area contributed by atoms with Crippen LogP contribution in [0, 0.1) is 0 Å². The Balaban J connectivity index is 3.23. The van der Waals surface area contributed by atoms with Crippen LogP contribution in [0.4, 0.5) is 0 Å². The summed E-state index contributed by atoms with van der Waals surface area (Å²) in [5.41, 5.74) is 0. The molecule has 17 heavy (non-hydrogen) atoms. The van der Waals surface area contributed by atoms with Crippen molar-refractivity contribution in [2.75, 3.05) is 52.9 Å². The molecule has 5 nitrogen and oxygen atoms in total. The molecule has 0 aromatic heterocycles. The van der Waals surface area contributed by atoms with Crippen molar-refractivity contribution in [2.45, 2.75) is 27.1 Å². The van der Waals surface area contributed by atoms with Gasteiger partial charge in [-0.1, -0.05) is 0 Å². The molecular weight excluding hydrogens is 224 g/mol. The number of rotatable bonds is 13. The van der Waals surface area contributed by atoms with E-state index in [1.165, 1.54) is 0 Å². The molecule has 0 aliphatic carbocycles. The molecule has 0 bridgehead atoms. The van der Waals surface area contributed by atoms with Gasteiger partial charge in [-0.25, -0.2) is 0 Å². The summed E-state index contributed by atoms with van der Waals surface area (Å²) in [7, 11) is 0. The minimum Gasteiger partial charge on any atom is -0.379 e. The SMILES string of the molecule is CCOCCOCCOCC(OCC)OCC. The summed E-state index contributed by atoms with van der Waals surface area (Å²) in [6, 6.07) is 0. The van der Waals surface area contributed by atoms with Crippen LogP contribution in [0.2, 0.25) is 0 Å². The molecule has 0 fully saturated rings. The van der Waals surface area contributed by atoms with E-state index in [0.717, 1.165) is 6.61 Å². The molecular formula is C12H26O5. The molecule has 0 aliphatic rings. The maximum Gasteiger partial charge on any atom is 0.180 e. The molecule has 0 radical (unpaired) electrons. The van der Waals surface area contributed by atoms with Gasteiger partial charge in [-0.2, -0.15) is 0 Å². The van der Waals surface area contributed by atoms with Gasteiger partial charge in [0.05, 0.1) is 33.0 Å². The second-order valence-corrected chi connectivity index (χ2v) is 3.22. The zero-order valence-electron chi connectivity index (χ0n) is 11.3. The second-order valence-electron chi connectivity index (χ2n) is 3.22. The van der Waals surface area contributed by atoms with E-state index in [4.69, 9.17) is 23.7 Å². The molecule has 0 aromatic carbocycles. The van der Waals surface area contributed by atoms with Gasteiger partial charge >= 0.3 is 0 Å². The van der Waals surface area contributed by atoms with Gasteiger partial charge in [0.15, 0.2) is 6.29 Å². The topological polar surface area (TPSA) is 46.2 Å². The number of hydrogen-bond donors (Lipinski definition) is 0. The molecule has 0 rings (SSSR count). The first-order valence-corrected chi connectivity index (χ1v) is 6.31. The molecule has 0 heterocycles. The highest BCUT2D eigenvalue weighted by Crippen LogP contribution is 1.96. The largest absolute Gasteiger partial charge is 0.379 e. The third-order valence-electron chi connectivity index (χ3n) is 1.91. The van der Waals surface area contributed by atoms with Crippen LogP contribution >= 0.6 is 0 Å². The third kappa shape index (κ3) is 12.1. The minimum absolute atomic E-state index is 0.270. The standard InChI is InChI=1S/C12H26O5/c1-4-13-7-8-14-9-10-15-11-12(16-5-2)17-6-3/h12H,4-11H2,1-3H3. The van der Waals surface area contributed by atoms with E-state index in [0.29, 0.717) is 46.2 Å². The Bertz CT molecular complexity index is 137. The Morgan fingerprint density at radius 3 is 1.71 bits per heavy atom. The molecule has 0 unspecified atom stereocenters. The van der Waals surface area contributed by atoms with E-state index in [1.807, 2.05) is 20.8 Å². The van der Waals surface area contributed by atoms with Crippen LogP contribution < -0.4 is 0 Å². The van der Waals surface area contributed by atoms with Crippen molar-refractivity contribution < 1.29 is 23.7 Å². The van der Waals surface area contributed by atoms with Crippen LogP contribution in [-0.4, -0.2) is 59.1 Å². The lowest BCUT2D eigenvalue weighted by Crippen LogP contribution is -2.24. The third-order valence-corrected chi connectivity index (χ3v) is 1.91. The van der Waals surface area contributed by atoms with Crippen LogP contribution in [0.1, 0.15) is 20.8 Å². The van der Waals surface area contributed by atoms with E-state index in [2.05, 4.69) is 0 Å². The van der Waals surface area contributed by atoms with Crippen molar-refractivity contribution in [3.8, 4) is 0 Å². The fraction of sp³-hybridized carbons (Fsp3) is 1.00. The number of hydrogen-bond acceptors (Lipinski definition) is 5. The highest BCUT2D eigenvalue weighted by Gasteiger charge is 2.07. The molecule has 5 heteroatoms. The van der Waals surface area contributed by atoms with Crippen molar-refractivity contribution in [1.29, 1.82) is 0 Å². The summed E-state index contributed by atoms with van der Waals surface area (Å²) in [6.07, 6.45) is -0.270. The Hall–Kier alpha value is -0.200. The van der Waals surface area contributed by atoms with E-state index in [1.54, 1.807) is 0 Å². The Morgan fingerprint density at radius 2 is 1.18 bits per heavy atom. The first-order valence-electron chi connectivity index (χ1n) is 6.31. The van der Waals surface area contributed by atoms with E-state index < -0.39 is 0 Å². The van der Waals surface area contributed by atoms with Gasteiger partial charge in [-0.15, -0.1) is 0 Å². The molecule has 0 atom stereocenters. The summed E-state index contributed by atoms with van der Waals surface area (Å²) in [5.74, 6) is 0. The van der Waals surface area contributed by atoms with Crippen LogP contribution in [0.3, 0.4) is 0 Å². The van der Waals surface area contributed by atoms with Crippen molar-refractivity contribution in [3.05, 3.63) is 0 Å². The van der Waals surface area contributed by atoms with E-state index in [9.17, 15) is 0 Å². The van der Waals surface area contributed by atoms with Gasteiger partial charge in [-0.3, -0.25) is 0 Å². The summed E-state index contributed by atoms with van der Waals surface area (Å²) in [5, 5.41) is 0. The quantitative estimate of drug-likeness (QED) is 0.366. The van der Waals surface area contributed by atoms with Gasteiger partial charge in [-0.05, 0) is 20.8 Å². The van der Waals surface area contributed by atoms with E-state index in [-0.39, 0.29) is 6.29 Å². The van der Waals surface area contributed by atoms with Gasteiger partial charge in [0.25, 0.3) is 0 Å². The Labute approximate surface area is 104 Å². The van der Waals surface area contributed by atoms with Crippen LogP contribution in [-0.2, 0) is 23.7 Å². The van der Waals surface area contributed by atoms with E-state index >= 15 is 0 Å². The summed E-state index contributed by atoms with van der Waals surface area (Å²) in [4.78, 5) is 0. The molecule has 0 amide bonds. The Kier molecular flexibility index (Phi) is 13.7. The molecule has 0 saturated carbocycles. The molecule has 0 saturated heterocycles. The van der Waals surface area contributed by atoms with Gasteiger partial charge in [0.2, 0.25) is 0 Å². The normalized spacial score (nSPS) is 11.3. The van der Waals surface area contributed by atoms with Gasteiger partial charge in [0, 0.05) is 19.8 Å². The van der Waals surface area contributed by atoms with Crippen LogP contribution in [0.25, 0.3) is 0 Å². The minimum atomic E-state index is -0.270. The van der Waals surface area contributed by atoms with Crippen molar-refractivity contribution in [2.24, 2.45) is 0 Å². The lowest BCUT2D eigenvalue weighted by molar-refractivity contribution is -0.169. The Morgan fingerprint density at radius 1 is 0.647 bits per heavy atom. The maximum absolute atomic E-state index is 5.39. The summed E-state index contributed by atoms with van der Waals surface area (Å²) in [6.45, 7) is 10.6. The maximum atomic E-state index is 5.39. The smallest absolute Gasteiger partial charge is 0.180 e. The lowest BCUT2D eigenvalue weighted by atomic mass is 10.6. The zero-order valence-corrected chi connectivity index (χ0v) is 11.3. The zero-order chi connectivity index (χ0) is 12.8. The van der Waals surface area contributed by atoms with Crippen molar-refractivity contribution in [1.82, 2.24) is 0 Å². The highest BCUT2D eigenvalue weighted by atomic mass is 16.7. The predicted octanol–water partition coefficient (Wildman–Crippen LogP) is 1.46. The average molecular weight is 250 g/mol. The molecule has 0 N–H and O–H groups in total. The fourth-order valence-corrected chi connectivity index (χ4v) is 1.18. The fourth-order valence-electron chi connectivity index (χ4n) is 1.18. The summed E-state index contributed by atoms with van der Waals surface area (Å²) < 4.78 is 26.5. The summed E-state index contributed by atoms with van der Waals surface area (Å²) >= 11 is 0. The predicted molar refractivity (Wildman–Crippen MR) is 65.2 cm³/mol. The molecule has 0 spiro atoms. The van der Waals surface area contributed by atoms with Crippen LogP contribution in [0.5, 0.6) is 0 Å². The second kappa shape index (κ2) is 13.9. The average Bonchev–Trinajstić information content (AvgIpc) is 2.33.